The average molecular weight is 430 g/mol. The van der Waals surface area contributed by atoms with Crippen molar-refractivity contribution in [1.82, 2.24) is 10.2 Å². The van der Waals surface area contributed by atoms with E-state index in [1.807, 2.05) is 36.4 Å². The first kappa shape index (κ1) is 19.5. The van der Waals surface area contributed by atoms with Crippen LogP contribution in [0.1, 0.15) is 18.6 Å². The molecular weight excluding hydrogens is 410 g/mol. The number of aromatic nitrogens is 2. The molecule has 2 amide bonds. The minimum absolute atomic E-state index is 0.125. The molecule has 4 rings (SSSR count). The number of anilines is 3. The van der Waals surface area contributed by atoms with Crippen molar-refractivity contribution in [3.63, 3.8) is 0 Å². The summed E-state index contributed by atoms with van der Waals surface area (Å²) in [7, 11) is 0. The van der Waals surface area contributed by atoms with Crippen LogP contribution in [-0.4, -0.2) is 34.3 Å². The molecule has 0 aliphatic carbocycles. The lowest BCUT2D eigenvalue weighted by Gasteiger charge is -2.16. The van der Waals surface area contributed by atoms with E-state index < -0.39 is 0 Å². The van der Waals surface area contributed by atoms with Gasteiger partial charge in [-0.25, -0.2) is 0 Å². The highest BCUT2D eigenvalue weighted by molar-refractivity contribution is 8.01. The van der Waals surface area contributed by atoms with E-state index in [-0.39, 0.29) is 17.6 Å². The molecule has 1 aliphatic heterocycles. The molecule has 29 heavy (non-hydrogen) atoms. The van der Waals surface area contributed by atoms with Crippen LogP contribution in [0.3, 0.4) is 0 Å². The Hall–Kier alpha value is -2.85. The van der Waals surface area contributed by atoms with Gasteiger partial charge in [0.1, 0.15) is 5.76 Å². The summed E-state index contributed by atoms with van der Waals surface area (Å²) in [6, 6.07) is 11.0. The number of rotatable bonds is 8. The second-order valence-corrected chi connectivity index (χ2v) is 8.54. The molecule has 2 aromatic heterocycles. The van der Waals surface area contributed by atoms with E-state index in [0.717, 1.165) is 24.4 Å². The van der Waals surface area contributed by atoms with Crippen LogP contribution in [-0.2, 0) is 16.1 Å². The van der Waals surface area contributed by atoms with Crippen LogP contribution in [0.2, 0.25) is 0 Å². The predicted molar refractivity (Wildman–Crippen MR) is 113 cm³/mol. The number of thioether (sulfide) groups is 1. The Kier molecular flexibility index (Phi) is 6.11. The molecule has 0 saturated carbocycles. The first-order valence-corrected chi connectivity index (χ1v) is 10.9. The lowest BCUT2D eigenvalue weighted by molar-refractivity contribution is -0.117. The zero-order chi connectivity index (χ0) is 20.1. The van der Waals surface area contributed by atoms with Crippen LogP contribution in [0, 0.1) is 0 Å². The average Bonchev–Trinajstić information content (AvgIpc) is 3.48. The van der Waals surface area contributed by atoms with Crippen LogP contribution in [0.15, 0.2) is 51.4 Å². The maximum Gasteiger partial charge on any atom is 0.234 e. The number of nitrogens with zero attached hydrogens (tertiary/aromatic N) is 3. The van der Waals surface area contributed by atoms with Gasteiger partial charge in [0.2, 0.25) is 16.9 Å². The first-order chi connectivity index (χ1) is 14.2. The number of amides is 2. The molecule has 3 heterocycles. The summed E-state index contributed by atoms with van der Waals surface area (Å²) in [6.07, 6.45) is 3.11. The van der Waals surface area contributed by atoms with Gasteiger partial charge in [-0.05, 0) is 42.8 Å². The van der Waals surface area contributed by atoms with Crippen LogP contribution in [0.4, 0.5) is 16.5 Å². The minimum Gasteiger partial charge on any atom is -0.467 e. The summed E-state index contributed by atoms with van der Waals surface area (Å²) in [5, 5.41) is 14.8. The van der Waals surface area contributed by atoms with E-state index in [9.17, 15) is 9.59 Å². The van der Waals surface area contributed by atoms with Crippen molar-refractivity contribution in [3.8, 4) is 0 Å². The van der Waals surface area contributed by atoms with Gasteiger partial charge in [-0.1, -0.05) is 23.1 Å². The monoisotopic (exact) mass is 429 g/mol. The third-order valence-corrected chi connectivity index (χ3v) is 6.28. The zero-order valence-corrected chi connectivity index (χ0v) is 17.1. The molecule has 8 nitrogen and oxygen atoms in total. The van der Waals surface area contributed by atoms with E-state index in [1.54, 1.807) is 11.2 Å². The molecule has 1 saturated heterocycles. The highest BCUT2D eigenvalue weighted by Crippen LogP contribution is 2.26. The Morgan fingerprint density at radius 3 is 2.83 bits per heavy atom. The zero-order valence-electron chi connectivity index (χ0n) is 15.5. The molecule has 10 heteroatoms. The minimum atomic E-state index is -0.125. The van der Waals surface area contributed by atoms with Gasteiger partial charge in [0.05, 0.1) is 18.6 Å². The fourth-order valence-electron chi connectivity index (χ4n) is 2.89. The molecule has 1 aromatic carbocycles. The Morgan fingerprint density at radius 2 is 2.10 bits per heavy atom. The molecule has 0 radical (unpaired) electrons. The molecule has 1 fully saturated rings. The number of nitrogens with one attached hydrogen (secondary N) is 2. The number of carbonyl (C=O) groups excluding carboxylic acids is 2. The third kappa shape index (κ3) is 5.15. The van der Waals surface area contributed by atoms with Crippen LogP contribution in [0.5, 0.6) is 0 Å². The standard InChI is InChI=1S/C19H19N5O3S2/c25-16(21-13-5-7-14(8-6-13)24-9-1-4-17(24)26)12-28-19-23-22-18(29-19)20-11-15-3-2-10-27-15/h2-3,5-8,10H,1,4,9,11-12H2,(H,20,22)(H,21,25). The lowest BCUT2D eigenvalue weighted by atomic mass is 10.2. The van der Waals surface area contributed by atoms with E-state index in [4.69, 9.17) is 4.42 Å². The van der Waals surface area contributed by atoms with E-state index in [0.29, 0.717) is 28.1 Å². The van der Waals surface area contributed by atoms with Crippen molar-refractivity contribution >= 4 is 51.4 Å². The highest BCUT2D eigenvalue weighted by atomic mass is 32.2. The number of carbonyl (C=O) groups is 2. The van der Waals surface area contributed by atoms with E-state index >= 15 is 0 Å². The molecule has 2 N–H and O–H groups in total. The maximum absolute atomic E-state index is 12.2. The normalized spacial score (nSPS) is 13.7. The summed E-state index contributed by atoms with van der Waals surface area (Å²) < 4.78 is 5.97. The van der Waals surface area contributed by atoms with Gasteiger partial charge in [0, 0.05) is 24.3 Å². The summed E-state index contributed by atoms with van der Waals surface area (Å²) >= 11 is 2.72. The Balaban J connectivity index is 1.23. The third-order valence-electron chi connectivity index (χ3n) is 4.26. The van der Waals surface area contributed by atoms with Gasteiger partial charge < -0.3 is 20.0 Å². The number of hydrogen-bond acceptors (Lipinski definition) is 8. The fourth-order valence-corrected chi connectivity index (χ4v) is 4.43. The molecular formula is C19H19N5O3S2. The highest BCUT2D eigenvalue weighted by Gasteiger charge is 2.21. The summed E-state index contributed by atoms with van der Waals surface area (Å²) in [4.78, 5) is 25.8. The second kappa shape index (κ2) is 9.10. The second-order valence-electron chi connectivity index (χ2n) is 6.34. The Bertz CT molecular complexity index is 972. The van der Waals surface area contributed by atoms with Crippen LogP contribution < -0.4 is 15.5 Å². The smallest absolute Gasteiger partial charge is 0.234 e. The number of benzene rings is 1. The van der Waals surface area contributed by atoms with E-state index in [2.05, 4.69) is 20.8 Å². The van der Waals surface area contributed by atoms with Crippen molar-refractivity contribution in [2.24, 2.45) is 0 Å². The molecule has 0 bridgehead atoms. The van der Waals surface area contributed by atoms with Crippen molar-refractivity contribution in [3.05, 3.63) is 48.4 Å². The maximum atomic E-state index is 12.2. The summed E-state index contributed by atoms with van der Waals surface area (Å²) in [6.45, 7) is 1.28. The predicted octanol–water partition coefficient (Wildman–Crippen LogP) is 3.60. The molecule has 0 unspecified atom stereocenters. The van der Waals surface area contributed by atoms with Gasteiger partial charge in [-0.15, -0.1) is 10.2 Å². The van der Waals surface area contributed by atoms with Crippen molar-refractivity contribution in [2.45, 2.75) is 23.7 Å². The number of furan rings is 1. The number of hydrogen-bond donors (Lipinski definition) is 2. The summed E-state index contributed by atoms with van der Waals surface area (Å²) in [5.41, 5.74) is 1.56. The first-order valence-electron chi connectivity index (χ1n) is 9.10. The molecule has 1 aliphatic rings. The van der Waals surface area contributed by atoms with Gasteiger partial charge in [-0.2, -0.15) is 0 Å². The van der Waals surface area contributed by atoms with Gasteiger partial charge >= 0.3 is 0 Å². The van der Waals surface area contributed by atoms with E-state index in [1.165, 1.54) is 23.1 Å². The topological polar surface area (TPSA) is 100 Å². The van der Waals surface area contributed by atoms with Crippen LogP contribution >= 0.6 is 23.1 Å². The summed E-state index contributed by atoms with van der Waals surface area (Å²) in [5.74, 6) is 1.07. The largest absolute Gasteiger partial charge is 0.467 e. The Labute approximate surface area is 175 Å². The molecule has 3 aromatic rings. The van der Waals surface area contributed by atoms with Gasteiger partial charge in [0.25, 0.3) is 0 Å². The van der Waals surface area contributed by atoms with Crippen molar-refractivity contribution in [1.29, 1.82) is 0 Å². The van der Waals surface area contributed by atoms with Crippen molar-refractivity contribution in [2.75, 3.05) is 27.8 Å². The fraction of sp³-hybridized carbons (Fsp3) is 0.263. The van der Waals surface area contributed by atoms with Gasteiger partial charge in [-0.3, -0.25) is 9.59 Å². The quantitative estimate of drug-likeness (QED) is 0.528. The molecule has 0 atom stereocenters. The molecule has 0 spiro atoms. The van der Waals surface area contributed by atoms with Crippen LogP contribution in [0.25, 0.3) is 0 Å². The Morgan fingerprint density at radius 1 is 1.24 bits per heavy atom. The van der Waals surface area contributed by atoms with Crippen molar-refractivity contribution < 1.29 is 14.0 Å². The van der Waals surface area contributed by atoms with Gasteiger partial charge in [0.15, 0.2) is 4.34 Å². The SMILES string of the molecule is O=C(CSc1nnc(NCc2ccco2)s1)Nc1ccc(N2CCCC2=O)cc1. The lowest BCUT2D eigenvalue weighted by Crippen LogP contribution is -2.23. The molecule has 150 valence electrons.